The van der Waals surface area contributed by atoms with E-state index in [1.807, 2.05) is 19.1 Å². The Kier molecular flexibility index (Phi) is 6.37. The number of nitrogens with one attached hydrogen (secondary N) is 1. The van der Waals surface area contributed by atoms with E-state index < -0.39 is 18.0 Å². The fourth-order valence-corrected chi connectivity index (χ4v) is 3.74. The number of rotatable bonds is 6. The molecule has 2 aliphatic rings. The number of ether oxygens (including phenoxy) is 1. The van der Waals surface area contributed by atoms with Crippen molar-refractivity contribution in [2.75, 3.05) is 11.9 Å². The molecule has 3 rings (SSSR count). The van der Waals surface area contributed by atoms with E-state index in [2.05, 4.69) is 5.32 Å². The summed E-state index contributed by atoms with van der Waals surface area (Å²) in [5.74, 6) is -2.26. The van der Waals surface area contributed by atoms with Gasteiger partial charge in [-0.3, -0.25) is 24.1 Å². The number of amides is 3. The minimum Gasteiger partial charge on any atom is -0.452 e. The van der Waals surface area contributed by atoms with Crippen molar-refractivity contribution >= 4 is 41.0 Å². The van der Waals surface area contributed by atoms with Crippen molar-refractivity contribution in [3.63, 3.8) is 0 Å². The van der Waals surface area contributed by atoms with Crippen LogP contribution in [-0.2, 0) is 23.9 Å². The van der Waals surface area contributed by atoms with Crippen LogP contribution in [0.25, 0.3) is 0 Å². The number of benzene rings is 1. The molecule has 3 amide bonds. The lowest BCUT2D eigenvalue weighted by atomic mass is 9.85. The molecule has 1 aromatic rings. The molecular weight excluding hydrogens is 396 g/mol. The summed E-state index contributed by atoms with van der Waals surface area (Å²) in [7, 11) is 0. The number of aryl methyl sites for hydroxylation is 1. The van der Waals surface area contributed by atoms with Crippen molar-refractivity contribution in [3.05, 3.63) is 40.9 Å². The van der Waals surface area contributed by atoms with Crippen molar-refractivity contribution in [3.8, 4) is 0 Å². The molecule has 0 bridgehead atoms. The molecule has 154 valence electrons. The summed E-state index contributed by atoms with van der Waals surface area (Å²) in [6.07, 6.45) is 3.74. The van der Waals surface area contributed by atoms with Crippen molar-refractivity contribution in [1.29, 1.82) is 0 Å². The van der Waals surface area contributed by atoms with Gasteiger partial charge in [0.25, 0.3) is 5.91 Å². The zero-order valence-corrected chi connectivity index (χ0v) is 17.1. The number of imide groups is 1. The largest absolute Gasteiger partial charge is 0.452 e. The highest BCUT2D eigenvalue weighted by molar-refractivity contribution is 6.31. The van der Waals surface area contributed by atoms with Crippen LogP contribution < -0.4 is 5.32 Å². The van der Waals surface area contributed by atoms with E-state index in [4.69, 9.17) is 16.3 Å². The second-order valence-corrected chi connectivity index (χ2v) is 7.75. The Morgan fingerprint density at radius 3 is 2.45 bits per heavy atom. The molecular formula is C21H23ClN2O5. The number of esters is 1. The van der Waals surface area contributed by atoms with Gasteiger partial charge in [0, 0.05) is 17.3 Å². The summed E-state index contributed by atoms with van der Waals surface area (Å²) in [5.41, 5.74) is 1.36. The fourth-order valence-electron chi connectivity index (χ4n) is 3.57. The van der Waals surface area contributed by atoms with Gasteiger partial charge >= 0.3 is 5.97 Å². The smallest absolute Gasteiger partial charge is 0.308 e. The van der Waals surface area contributed by atoms with Gasteiger partial charge in [0.15, 0.2) is 6.10 Å². The number of likely N-dealkylation sites (tertiary alicyclic amines) is 1. The van der Waals surface area contributed by atoms with Gasteiger partial charge in [0.1, 0.15) is 0 Å². The number of anilines is 1. The first-order chi connectivity index (χ1) is 13.8. The molecule has 0 aromatic heterocycles. The predicted molar refractivity (Wildman–Crippen MR) is 107 cm³/mol. The fraction of sp³-hybridized carbons (Fsp3) is 0.429. The Bertz CT molecular complexity index is 856. The number of hydrogen-bond donors (Lipinski definition) is 1. The van der Waals surface area contributed by atoms with Crippen LogP contribution in [0.4, 0.5) is 5.69 Å². The minimum atomic E-state index is -1.03. The number of carbonyl (C=O) groups is 4. The summed E-state index contributed by atoms with van der Waals surface area (Å²) in [4.78, 5) is 50.4. The molecule has 1 heterocycles. The normalized spacial score (nSPS) is 21.7. The third-order valence-corrected chi connectivity index (χ3v) is 5.51. The van der Waals surface area contributed by atoms with E-state index in [9.17, 15) is 19.2 Å². The second-order valence-electron chi connectivity index (χ2n) is 7.31. The summed E-state index contributed by atoms with van der Waals surface area (Å²) >= 11 is 5.94. The number of carbonyl (C=O) groups excluding carboxylic acids is 4. The molecule has 7 nitrogen and oxygen atoms in total. The molecule has 1 aliphatic heterocycles. The first-order valence-electron chi connectivity index (χ1n) is 9.54. The number of fused-ring (bicyclic) bond motifs is 1. The molecule has 8 heteroatoms. The maximum absolute atomic E-state index is 12.4. The number of nitrogens with zero attached hydrogens (tertiary/aromatic N) is 1. The lowest BCUT2D eigenvalue weighted by molar-refractivity contribution is -0.154. The zero-order chi connectivity index (χ0) is 21.1. The van der Waals surface area contributed by atoms with E-state index in [1.54, 1.807) is 18.2 Å². The minimum absolute atomic E-state index is 0.0365. The zero-order valence-electron chi connectivity index (χ0n) is 16.3. The average Bonchev–Trinajstić information content (AvgIpc) is 2.93. The Hall–Kier alpha value is -2.67. The Labute approximate surface area is 174 Å². The van der Waals surface area contributed by atoms with Gasteiger partial charge in [-0.05, 0) is 44.4 Å². The van der Waals surface area contributed by atoms with Crippen molar-refractivity contribution < 1.29 is 23.9 Å². The summed E-state index contributed by atoms with van der Waals surface area (Å²) < 4.78 is 5.16. The van der Waals surface area contributed by atoms with Gasteiger partial charge in [-0.2, -0.15) is 0 Å². The Balaban J connectivity index is 1.50. The summed E-state index contributed by atoms with van der Waals surface area (Å²) in [5, 5.41) is 3.15. The molecule has 1 saturated heterocycles. The highest BCUT2D eigenvalue weighted by Crippen LogP contribution is 2.35. The lowest BCUT2D eigenvalue weighted by Gasteiger charge is -2.17. The number of allylic oxidation sites excluding steroid dienone is 2. The Morgan fingerprint density at radius 2 is 1.83 bits per heavy atom. The van der Waals surface area contributed by atoms with Crippen molar-refractivity contribution in [2.24, 2.45) is 11.8 Å². The molecule has 29 heavy (non-hydrogen) atoms. The van der Waals surface area contributed by atoms with E-state index in [0.717, 1.165) is 10.5 Å². The average molecular weight is 419 g/mol. The molecule has 1 N–H and O–H groups in total. The van der Waals surface area contributed by atoms with Crippen LogP contribution in [0, 0.1) is 18.8 Å². The van der Waals surface area contributed by atoms with Gasteiger partial charge in [-0.25, -0.2) is 0 Å². The second kappa shape index (κ2) is 8.78. The maximum atomic E-state index is 12.4. The molecule has 1 fully saturated rings. The van der Waals surface area contributed by atoms with E-state index in [1.165, 1.54) is 6.92 Å². The van der Waals surface area contributed by atoms with Crippen LogP contribution in [0.15, 0.2) is 30.4 Å². The SMILES string of the molecule is Cc1ccc(Cl)cc1NC(=O)[C@@H](C)OC(=O)CCN1C(=O)[C@H]2CC=CC[C@@H]2C1=O. The van der Waals surface area contributed by atoms with Gasteiger partial charge < -0.3 is 10.1 Å². The molecule has 0 spiro atoms. The van der Waals surface area contributed by atoms with Gasteiger partial charge in [-0.15, -0.1) is 0 Å². The van der Waals surface area contributed by atoms with E-state index in [-0.39, 0.29) is 36.6 Å². The number of hydrogen-bond acceptors (Lipinski definition) is 5. The summed E-state index contributed by atoms with van der Waals surface area (Å²) in [6, 6.07) is 5.09. The molecule has 0 radical (unpaired) electrons. The topological polar surface area (TPSA) is 92.8 Å². The molecule has 1 aliphatic carbocycles. The first kappa shape index (κ1) is 21.0. The maximum Gasteiger partial charge on any atom is 0.308 e. The van der Waals surface area contributed by atoms with Crippen LogP contribution in [0.3, 0.4) is 0 Å². The quantitative estimate of drug-likeness (QED) is 0.435. The third kappa shape index (κ3) is 4.67. The molecule has 0 saturated carbocycles. The monoisotopic (exact) mass is 418 g/mol. The lowest BCUT2D eigenvalue weighted by Crippen LogP contribution is -2.35. The van der Waals surface area contributed by atoms with Crippen LogP contribution in [0.1, 0.15) is 31.7 Å². The van der Waals surface area contributed by atoms with E-state index in [0.29, 0.717) is 23.6 Å². The highest BCUT2D eigenvalue weighted by Gasteiger charge is 2.47. The molecule has 0 unspecified atom stereocenters. The highest BCUT2D eigenvalue weighted by atomic mass is 35.5. The first-order valence-corrected chi connectivity index (χ1v) is 9.92. The van der Waals surface area contributed by atoms with Crippen LogP contribution >= 0.6 is 11.6 Å². The molecule has 1 aromatic carbocycles. The van der Waals surface area contributed by atoms with Crippen LogP contribution in [0.2, 0.25) is 5.02 Å². The third-order valence-electron chi connectivity index (χ3n) is 5.27. The number of halogens is 1. The van der Waals surface area contributed by atoms with Crippen LogP contribution in [0.5, 0.6) is 0 Å². The van der Waals surface area contributed by atoms with Gasteiger partial charge in [0.2, 0.25) is 11.8 Å². The Morgan fingerprint density at radius 1 is 1.21 bits per heavy atom. The van der Waals surface area contributed by atoms with E-state index >= 15 is 0 Å². The predicted octanol–water partition coefficient (Wildman–Crippen LogP) is 2.86. The van der Waals surface area contributed by atoms with Crippen LogP contribution in [-0.4, -0.2) is 41.2 Å². The van der Waals surface area contributed by atoms with Crippen molar-refractivity contribution in [1.82, 2.24) is 4.90 Å². The van der Waals surface area contributed by atoms with Gasteiger partial charge in [-0.1, -0.05) is 29.8 Å². The standard InChI is InChI=1S/C21H23ClN2O5/c1-12-7-8-14(22)11-17(12)23-19(26)13(2)29-18(25)9-10-24-20(27)15-5-3-4-6-16(15)21(24)28/h3-4,7-8,11,13,15-16H,5-6,9-10H2,1-2H3,(H,23,26)/t13-,15+,16+/m1/s1. The van der Waals surface area contributed by atoms with Gasteiger partial charge in [0.05, 0.1) is 18.3 Å². The van der Waals surface area contributed by atoms with Crippen molar-refractivity contribution in [2.45, 2.75) is 39.2 Å². The summed E-state index contributed by atoms with van der Waals surface area (Å²) in [6.45, 7) is 3.24. The molecule has 3 atom stereocenters.